The van der Waals surface area contributed by atoms with Crippen LogP contribution >= 0.6 is 0 Å². The Balaban J connectivity index is 2.13. The van der Waals surface area contributed by atoms with E-state index in [1.807, 2.05) is 32.9 Å². The van der Waals surface area contributed by atoms with Gasteiger partial charge in [-0.25, -0.2) is 0 Å². The molecule has 1 atom stereocenters. The SMILES string of the molecule is Cc1cc(C)c(C(=O)NCC(C)(O)c2ccco2)c(C)c1. The Morgan fingerprint density at radius 1 is 1.29 bits per heavy atom. The Labute approximate surface area is 124 Å². The Hall–Kier alpha value is -2.07. The first-order chi connectivity index (χ1) is 9.81. The fourth-order valence-electron chi connectivity index (χ4n) is 2.55. The Bertz CT molecular complexity index is 619. The number of benzene rings is 1. The summed E-state index contributed by atoms with van der Waals surface area (Å²) in [5, 5.41) is 13.1. The van der Waals surface area contributed by atoms with Crippen LogP contribution in [0.3, 0.4) is 0 Å². The van der Waals surface area contributed by atoms with Gasteiger partial charge in [-0.15, -0.1) is 0 Å². The fraction of sp³-hybridized carbons (Fsp3) is 0.353. The molecule has 1 amide bonds. The zero-order valence-electron chi connectivity index (χ0n) is 12.9. The van der Waals surface area contributed by atoms with E-state index in [-0.39, 0.29) is 12.5 Å². The summed E-state index contributed by atoms with van der Waals surface area (Å²) >= 11 is 0. The number of rotatable bonds is 4. The van der Waals surface area contributed by atoms with Gasteiger partial charge in [-0.1, -0.05) is 17.7 Å². The molecular formula is C17H21NO3. The summed E-state index contributed by atoms with van der Waals surface area (Å²) in [5.74, 6) is 0.247. The number of aliphatic hydroxyl groups is 1. The Morgan fingerprint density at radius 2 is 1.90 bits per heavy atom. The molecule has 0 saturated heterocycles. The molecule has 0 fully saturated rings. The van der Waals surface area contributed by atoms with Crippen molar-refractivity contribution in [3.63, 3.8) is 0 Å². The highest BCUT2D eigenvalue weighted by Crippen LogP contribution is 2.21. The van der Waals surface area contributed by atoms with Crippen molar-refractivity contribution in [2.45, 2.75) is 33.3 Å². The van der Waals surface area contributed by atoms with Crippen LogP contribution < -0.4 is 5.32 Å². The van der Waals surface area contributed by atoms with E-state index in [4.69, 9.17) is 4.42 Å². The third-order valence-electron chi connectivity index (χ3n) is 3.55. The second kappa shape index (κ2) is 5.74. The van der Waals surface area contributed by atoms with Gasteiger partial charge in [0.1, 0.15) is 11.4 Å². The average Bonchev–Trinajstić information content (AvgIpc) is 2.89. The lowest BCUT2D eigenvalue weighted by Crippen LogP contribution is -2.38. The first-order valence-electron chi connectivity index (χ1n) is 6.93. The maximum atomic E-state index is 12.4. The maximum absolute atomic E-state index is 12.4. The first kappa shape index (κ1) is 15.3. The number of amides is 1. The number of carbonyl (C=O) groups excluding carboxylic acids is 1. The second-order valence-corrected chi connectivity index (χ2v) is 5.71. The quantitative estimate of drug-likeness (QED) is 0.909. The van der Waals surface area contributed by atoms with Gasteiger partial charge in [0.05, 0.1) is 12.8 Å². The van der Waals surface area contributed by atoms with Crippen LogP contribution in [0.15, 0.2) is 34.9 Å². The average molecular weight is 287 g/mol. The van der Waals surface area contributed by atoms with Gasteiger partial charge in [0.15, 0.2) is 0 Å². The van der Waals surface area contributed by atoms with Gasteiger partial charge in [-0.3, -0.25) is 4.79 Å². The molecule has 0 spiro atoms. The third-order valence-corrected chi connectivity index (χ3v) is 3.55. The van der Waals surface area contributed by atoms with E-state index in [0.29, 0.717) is 11.3 Å². The largest absolute Gasteiger partial charge is 0.466 e. The summed E-state index contributed by atoms with van der Waals surface area (Å²) in [7, 11) is 0. The minimum atomic E-state index is -1.23. The molecule has 4 nitrogen and oxygen atoms in total. The molecule has 2 rings (SSSR count). The van der Waals surface area contributed by atoms with Gasteiger partial charge in [-0.2, -0.15) is 0 Å². The summed E-state index contributed by atoms with van der Waals surface area (Å²) in [5.41, 5.74) is 2.43. The summed E-state index contributed by atoms with van der Waals surface area (Å²) in [6.07, 6.45) is 1.50. The van der Waals surface area contributed by atoms with E-state index in [9.17, 15) is 9.90 Å². The molecule has 1 unspecified atom stereocenters. The molecule has 21 heavy (non-hydrogen) atoms. The Morgan fingerprint density at radius 3 is 2.43 bits per heavy atom. The maximum Gasteiger partial charge on any atom is 0.251 e. The molecule has 4 heteroatoms. The van der Waals surface area contributed by atoms with E-state index in [1.165, 1.54) is 6.26 Å². The lowest BCUT2D eigenvalue weighted by Gasteiger charge is -2.22. The smallest absolute Gasteiger partial charge is 0.251 e. The fourth-order valence-corrected chi connectivity index (χ4v) is 2.55. The van der Waals surface area contributed by atoms with Gasteiger partial charge in [0.25, 0.3) is 5.91 Å². The van der Waals surface area contributed by atoms with Crippen molar-refractivity contribution in [2.24, 2.45) is 0 Å². The number of nitrogens with one attached hydrogen (secondary N) is 1. The predicted molar refractivity (Wildman–Crippen MR) is 81.3 cm³/mol. The zero-order valence-corrected chi connectivity index (χ0v) is 12.9. The molecule has 0 aliphatic rings. The van der Waals surface area contributed by atoms with Crippen molar-refractivity contribution in [3.05, 3.63) is 58.5 Å². The molecule has 0 radical (unpaired) electrons. The molecule has 1 aromatic heterocycles. The normalized spacial score (nSPS) is 13.8. The highest BCUT2D eigenvalue weighted by atomic mass is 16.4. The highest BCUT2D eigenvalue weighted by molar-refractivity contribution is 5.97. The molecular weight excluding hydrogens is 266 g/mol. The standard InChI is InChI=1S/C17H21NO3/c1-11-8-12(2)15(13(3)9-11)16(19)18-10-17(4,20)14-6-5-7-21-14/h5-9,20H,10H2,1-4H3,(H,18,19). The third kappa shape index (κ3) is 3.34. The second-order valence-electron chi connectivity index (χ2n) is 5.71. The van der Waals surface area contributed by atoms with Crippen molar-refractivity contribution in [1.82, 2.24) is 5.32 Å². The number of hydrogen-bond acceptors (Lipinski definition) is 3. The zero-order chi connectivity index (χ0) is 15.6. The topological polar surface area (TPSA) is 62.5 Å². The monoisotopic (exact) mass is 287 g/mol. The van der Waals surface area contributed by atoms with Crippen LogP contribution in [0.2, 0.25) is 0 Å². The van der Waals surface area contributed by atoms with Gasteiger partial charge < -0.3 is 14.8 Å². The highest BCUT2D eigenvalue weighted by Gasteiger charge is 2.27. The number of carbonyl (C=O) groups is 1. The summed E-state index contributed by atoms with van der Waals surface area (Å²) in [6.45, 7) is 7.54. The minimum Gasteiger partial charge on any atom is -0.466 e. The molecule has 0 aliphatic heterocycles. The molecule has 112 valence electrons. The van der Waals surface area contributed by atoms with E-state index < -0.39 is 5.60 Å². The summed E-state index contributed by atoms with van der Waals surface area (Å²) in [4.78, 5) is 12.4. The van der Waals surface area contributed by atoms with Crippen LogP contribution in [0.4, 0.5) is 0 Å². The number of furan rings is 1. The molecule has 2 aromatic rings. The molecule has 0 bridgehead atoms. The van der Waals surface area contributed by atoms with Crippen molar-refractivity contribution in [1.29, 1.82) is 0 Å². The van der Waals surface area contributed by atoms with E-state index in [1.54, 1.807) is 19.1 Å². The van der Waals surface area contributed by atoms with Crippen LogP contribution in [0.5, 0.6) is 0 Å². The van der Waals surface area contributed by atoms with E-state index in [2.05, 4.69) is 5.32 Å². The minimum absolute atomic E-state index is 0.0894. The van der Waals surface area contributed by atoms with Crippen LogP contribution in [0.25, 0.3) is 0 Å². The van der Waals surface area contributed by atoms with Crippen LogP contribution in [-0.4, -0.2) is 17.6 Å². The van der Waals surface area contributed by atoms with Gasteiger partial charge in [0, 0.05) is 5.56 Å². The first-order valence-corrected chi connectivity index (χ1v) is 6.93. The van der Waals surface area contributed by atoms with Gasteiger partial charge in [0.2, 0.25) is 0 Å². The summed E-state index contributed by atoms with van der Waals surface area (Å²) in [6, 6.07) is 7.35. The molecule has 0 saturated carbocycles. The lowest BCUT2D eigenvalue weighted by atomic mass is 9.98. The molecule has 2 N–H and O–H groups in total. The van der Waals surface area contributed by atoms with Crippen LogP contribution in [0, 0.1) is 20.8 Å². The molecule has 1 heterocycles. The number of aryl methyl sites for hydroxylation is 3. The van der Waals surface area contributed by atoms with E-state index >= 15 is 0 Å². The van der Waals surface area contributed by atoms with Crippen molar-refractivity contribution >= 4 is 5.91 Å². The molecule has 0 aliphatic carbocycles. The van der Waals surface area contributed by atoms with Crippen molar-refractivity contribution in [2.75, 3.05) is 6.54 Å². The van der Waals surface area contributed by atoms with Gasteiger partial charge in [-0.05, 0) is 51.0 Å². The van der Waals surface area contributed by atoms with Crippen LogP contribution in [0.1, 0.15) is 39.7 Å². The predicted octanol–water partition coefficient (Wildman–Crippen LogP) is 2.84. The van der Waals surface area contributed by atoms with Crippen molar-refractivity contribution < 1.29 is 14.3 Å². The van der Waals surface area contributed by atoms with Crippen molar-refractivity contribution in [3.8, 4) is 0 Å². The summed E-state index contributed by atoms with van der Waals surface area (Å²) < 4.78 is 5.20. The van der Waals surface area contributed by atoms with Gasteiger partial charge >= 0.3 is 0 Å². The Kier molecular flexibility index (Phi) is 4.19. The van der Waals surface area contributed by atoms with Crippen LogP contribution in [-0.2, 0) is 5.60 Å². The number of hydrogen-bond donors (Lipinski definition) is 2. The lowest BCUT2D eigenvalue weighted by molar-refractivity contribution is 0.0330. The van der Waals surface area contributed by atoms with E-state index in [0.717, 1.165) is 16.7 Å². The molecule has 1 aromatic carbocycles.